The summed E-state index contributed by atoms with van der Waals surface area (Å²) >= 11 is 0. The normalized spacial score (nSPS) is 4.22. The Hall–Kier alpha value is -0.490. The smallest absolute Gasteiger partial charge is 0.129 e. The number of carbonyl (C=O) groups is 1. The lowest BCUT2D eigenvalue weighted by Gasteiger charge is -1.71. The monoisotopic (exact) mass is 144 g/mol. The third kappa shape index (κ3) is 100.0. The van der Waals surface area contributed by atoms with Crippen molar-refractivity contribution >= 4 is 5.78 Å². The number of Topliss-reactive ketones (excluding diaryl/α,β-unsaturated/α-hetero) is 1. The molecular weight excluding hydrogens is 128 g/mol. The van der Waals surface area contributed by atoms with Crippen LogP contribution in [-0.2, 0) is 4.79 Å². The van der Waals surface area contributed by atoms with Gasteiger partial charge in [-0.15, -0.1) is 0 Å². The zero-order valence-electron chi connectivity index (χ0n) is 5.62. The van der Waals surface area contributed by atoms with Crippen LogP contribution < -0.4 is 0 Å². The first-order chi connectivity index (χ1) is 2.27. The molecular formula is C4H16O5. The highest BCUT2D eigenvalue weighted by Crippen LogP contribution is 1.71. The van der Waals surface area contributed by atoms with Crippen molar-refractivity contribution in [3.8, 4) is 0 Å². The van der Waals surface area contributed by atoms with Gasteiger partial charge in [-0.05, 0) is 6.92 Å². The summed E-state index contributed by atoms with van der Waals surface area (Å²) in [5.41, 5.74) is 0. The van der Waals surface area contributed by atoms with E-state index in [4.69, 9.17) is 0 Å². The summed E-state index contributed by atoms with van der Waals surface area (Å²) in [4.78, 5) is 9.81. The van der Waals surface area contributed by atoms with E-state index in [1.165, 1.54) is 0 Å². The van der Waals surface area contributed by atoms with Crippen molar-refractivity contribution in [3.05, 3.63) is 0 Å². The third-order valence-electron chi connectivity index (χ3n) is 0.498. The predicted molar refractivity (Wildman–Crippen MR) is 35.4 cm³/mol. The molecule has 0 saturated heterocycles. The van der Waals surface area contributed by atoms with Crippen molar-refractivity contribution in [2.45, 2.75) is 20.3 Å². The molecule has 0 aromatic rings. The molecule has 5 nitrogen and oxygen atoms in total. The zero-order chi connectivity index (χ0) is 4.28. The van der Waals surface area contributed by atoms with Gasteiger partial charge in [-0.2, -0.15) is 0 Å². The maximum Gasteiger partial charge on any atom is 0.129 e. The van der Waals surface area contributed by atoms with Crippen LogP contribution in [0.3, 0.4) is 0 Å². The van der Waals surface area contributed by atoms with Crippen molar-refractivity contribution in [1.29, 1.82) is 0 Å². The second kappa shape index (κ2) is 25.8. The molecule has 0 aromatic carbocycles. The van der Waals surface area contributed by atoms with Crippen LogP contribution in [0.25, 0.3) is 0 Å². The highest BCUT2D eigenvalue weighted by Gasteiger charge is 1.76. The van der Waals surface area contributed by atoms with Crippen molar-refractivity contribution in [1.82, 2.24) is 0 Å². The zero-order valence-corrected chi connectivity index (χ0v) is 5.62. The molecule has 0 aliphatic carbocycles. The van der Waals surface area contributed by atoms with Gasteiger partial charge in [-0.1, -0.05) is 6.92 Å². The molecule has 0 aliphatic rings. The molecule has 0 radical (unpaired) electrons. The largest absolute Gasteiger partial charge is 0.412 e. The molecule has 0 aromatic heterocycles. The summed E-state index contributed by atoms with van der Waals surface area (Å²) in [6.07, 6.45) is 0.667. The molecule has 0 atom stereocenters. The average Bonchev–Trinajstić information content (AvgIpc) is 1.38. The van der Waals surface area contributed by atoms with Crippen molar-refractivity contribution < 1.29 is 26.7 Å². The Morgan fingerprint density at radius 1 is 1.11 bits per heavy atom. The van der Waals surface area contributed by atoms with Crippen LogP contribution in [0.15, 0.2) is 0 Å². The van der Waals surface area contributed by atoms with E-state index in [9.17, 15) is 4.79 Å². The number of carbonyl (C=O) groups excluding carboxylic acids is 1. The summed E-state index contributed by atoms with van der Waals surface area (Å²) < 4.78 is 0. The molecule has 62 valence electrons. The topological polar surface area (TPSA) is 143 Å². The van der Waals surface area contributed by atoms with Gasteiger partial charge in [0.05, 0.1) is 0 Å². The van der Waals surface area contributed by atoms with Crippen LogP contribution >= 0.6 is 0 Å². The minimum absolute atomic E-state index is 0. The van der Waals surface area contributed by atoms with Gasteiger partial charge in [0.1, 0.15) is 5.78 Å². The number of hydrogen-bond acceptors (Lipinski definition) is 1. The molecule has 0 aliphatic heterocycles. The van der Waals surface area contributed by atoms with Gasteiger partial charge in [0.25, 0.3) is 0 Å². The highest BCUT2D eigenvalue weighted by atomic mass is 16.1. The van der Waals surface area contributed by atoms with Crippen molar-refractivity contribution in [2.24, 2.45) is 0 Å². The lowest BCUT2D eigenvalue weighted by Crippen LogP contribution is -1.80. The Bertz CT molecular complexity index is 44.2. The molecule has 0 saturated carbocycles. The Balaban J connectivity index is -0.0000000133. The SMILES string of the molecule is CCC(C)=O.O.O.O.O. The fourth-order valence-corrected chi connectivity index (χ4v) is 0. The van der Waals surface area contributed by atoms with Gasteiger partial charge < -0.3 is 26.7 Å². The Kier molecular flexibility index (Phi) is 112. The molecule has 0 bridgehead atoms. The van der Waals surface area contributed by atoms with Gasteiger partial charge in [0.2, 0.25) is 0 Å². The molecule has 8 N–H and O–H groups in total. The van der Waals surface area contributed by atoms with Crippen LogP contribution in [0.2, 0.25) is 0 Å². The Morgan fingerprint density at radius 3 is 1.22 bits per heavy atom. The minimum atomic E-state index is 0. The lowest BCUT2D eigenvalue weighted by atomic mass is 10.4. The average molecular weight is 144 g/mol. The number of ketones is 1. The number of hydrogen-bond donors (Lipinski definition) is 0. The van der Waals surface area contributed by atoms with Crippen LogP contribution in [-0.4, -0.2) is 27.7 Å². The summed E-state index contributed by atoms with van der Waals surface area (Å²) in [7, 11) is 0. The van der Waals surface area contributed by atoms with Gasteiger partial charge in [-0.3, -0.25) is 0 Å². The summed E-state index contributed by atoms with van der Waals surface area (Å²) in [6.45, 7) is 3.43. The lowest BCUT2D eigenvalue weighted by molar-refractivity contribution is -0.116. The second-order valence-corrected chi connectivity index (χ2v) is 1.06. The van der Waals surface area contributed by atoms with Gasteiger partial charge >= 0.3 is 0 Å². The highest BCUT2D eigenvalue weighted by molar-refractivity contribution is 5.74. The van der Waals surface area contributed by atoms with E-state index in [1.54, 1.807) is 6.92 Å². The molecule has 0 unspecified atom stereocenters. The van der Waals surface area contributed by atoms with Gasteiger partial charge in [-0.25, -0.2) is 0 Å². The summed E-state index contributed by atoms with van der Waals surface area (Å²) in [5, 5.41) is 0. The molecule has 0 heterocycles. The standard InChI is InChI=1S/C4H8O.4H2O/c1-3-4(2)5;;;;/h3H2,1-2H3;4*1H2. The van der Waals surface area contributed by atoms with E-state index in [-0.39, 0.29) is 27.7 Å². The second-order valence-electron chi connectivity index (χ2n) is 1.06. The molecule has 9 heavy (non-hydrogen) atoms. The molecule has 0 amide bonds. The Labute approximate surface area is 53.9 Å². The van der Waals surface area contributed by atoms with E-state index in [0.29, 0.717) is 6.42 Å². The Morgan fingerprint density at radius 2 is 1.22 bits per heavy atom. The fourth-order valence-electron chi connectivity index (χ4n) is 0. The molecule has 0 rings (SSSR count). The number of rotatable bonds is 1. The maximum absolute atomic E-state index is 9.81. The van der Waals surface area contributed by atoms with E-state index < -0.39 is 0 Å². The minimum Gasteiger partial charge on any atom is -0.412 e. The molecule has 0 fully saturated rings. The molecule has 0 spiro atoms. The van der Waals surface area contributed by atoms with Crippen LogP contribution in [0, 0.1) is 0 Å². The van der Waals surface area contributed by atoms with Crippen LogP contribution in [0.4, 0.5) is 0 Å². The van der Waals surface area contributed by atoms with Crippen LogP contribution in [0.1, 0.15) is 20.3 Å². The van der Waals surface area contributed by atoms with Gasteiger partial charge in [0.15, 0.2) is 0 Å². The van der Waals surface area contributed by atoms with E-state index in [0.717, 1.165) is 0 Å². The summed E-state index contributed by atoms with van der Waals surface area (Å²) in [6, 6.07) is 0. The first-order valence-corrected chi connectivity index (χ1v) is 1.76. The quantitative estimate of drug-likeness (QED) is 0.400. The first kappa shape index (κ1) is 39.0. The van der Waals surface area contributed by atoms with E-state index in [2.05, 4.69) is 0 Å². The fraction of sp³-hybridized carbons (Fsp3) is 0.750. The van der Waals surface area contributed by atoms with Crippen molar-refractivity contribution in [3.63, 3.8) is 0 Å². The molecule has 5 heteroatoms. The van der Waals surface area contributed by atoms with Gasteiger partial charge in [0, 0.05) is 6.42 Å². The predicted octanol–water partition coefficient (Wildman–Crippen LogP) is -2.31. The van der Waals surface area contributed by atoms with Crippen molar-refractivity contribution in [2.75, 3.05) is 0 Å². The van der Waals surface area contributed by atoms with E-state index in [1.807, 2.05) is 6.92 Å². The third-order valence-corrected chi connectivity index (χ3v) is 0.498. The maximum atomic E-state index is 9.81. The van der Waals surface area contributed by atoms with Crippen LogP contribution in [0.5, 0.6) is 0 Å². The first-order valence-electron chi connectivity index (χ1n) is 1.76. The summed E-state index contributed by atoms with van der Waals surface area (Å²) in [5.74, 6) is 0.255. The van der Waals surface area contributed by atoms with E-state index >= 15 is 0 Å².